The summed E-state index contributed by atoms with van der Waals surface area (Å²) in [5.74, 6) is -0.111. The van der Waals surface area contributed by atoms with Crippen LogP contribution in [0.4, 0.5) is 0 Å². The van der Waals surface area contributed by atoms with Gasteiger partial charge >= 0.3 is 5.97 Å². The molecular weight excluding hydrogens is 254 g/mol. The van der Waals surface area contributed by atoms with Gasteiger partial charge in [0.05, 0.1) is 18.3 Å². The summed E-state index contributed by atoms with van der Waals surface area (Å²) in [5, 5.41) is 7.90. The molecule has 1 heterocycles. The minimum atomic E-state index is -0.531. The maximum absolute atomic E-state index is 12.3. The molecule has 0 radical (unpaired) electrons. The number of nitrogens with one attached hydrogen (secondary N) is 1. The van der Waals surface area contributed by atoms with Crippen molar-refractivity contribution in [2.75, 3.05) is 13.2 Å². The van der Waals surface area contributed by atoms with Gasteiger partial charge in [0.25, 0.3) is 0 Å². The Morgan fingerprint density at radius 3 is 3.00 bits per heavy atom. The zero-order chi connectivity index (χ0) is 14.6. The van der Waals surface area contributed by atoms with E-state index in [2.05, 4.69) is 17.3 Å². The molecule has 0 amide bonds. The highest BCUT2D eigenvalue weighted by Crippen LogP contribution is 2.38. The molecule has 5 heteroatoms. The summed E-state index contributed by atoms with van der Waals surface area (Å²) in [4.78, 5) is 12.3. The lowest BCUT2D eigenvalue weighted by molar-refractivity contribution is -0.151. The zero-order valence-electron chi connectivity index (χ0n) is 12.7. The van der Waals surface area contributed by atoms with E-state index < -0.39 is 5.54 Å². The van der Waals surface area contributed by atoms with Crippen LogP contribution in [-0.2, 0) is 9.53 Å². The third-order valence-corrected chi connectivity index (χ3v) is 3.98. The van der Waals surface area contributed by atoms with Gasteiger partial charge in [-0.1, -0.05) is 6.92 Å². The summed E-state index contributed by atoms with van der Waals surface area (Å²) in [7, 11) is 0. The Hall–Kier alpha value is -1.36. The fourth-order valence-electron chi connectivity index (χ4n) is 2.93. The first kappa shape index (κ1) is 15.0. The predicted molar refractivity (Wildman–Crippen MR) is 77.5 cm³/mol. The van der Waals surface area contributed by atoms with Crippen LogP contribution in [0.2, 0.25) is 0 Å². The lowest BCUT2D eigenvalue weighted by atomic mass is 9.97. The fourth-order valence-corrected chi connectivity index (χ4v) is 2.93. The van der Waals surface area contributed by atoms with Gasteiger partial charge in [-0.15, -0.1) is 0 Å². The molecule has 1 aromatic heterocycles. The van der Waals surface area contributed by atoms with Crippen molar-refractivity contribution in [1.29, 1.82) is 0 Å². The first-order valence-electron chi connectivity index (χ1n) is 7.55. The van der Waals surface area contributed by atoms with Crippen LogP contribution in [-0.4, -0.2) is 34.4 Å². The van der Waals surface area contributed by atoms with E-state index >= 15 is 0 Å². The molecule has 0 aliphatic heterocycles. The van der Waals surface area contributed by atoms with Crippen molar-refractivity contribution < 1.29 is 9.53 Å². The molecule has 1 aliphatic rings. The number of carbonyl (C=O) groups is 1. The number of hydrogen-bond donors (Lipinski definition) is 1. The smallest absolute Gasteiger partial charge is 0.326 e. The Bertz CT molecular complexity index is 458. The Balaban J connectivity index is 2.11. The molecule has 2 rings (SSSR count). The molecule has 1 N–H and O–H groups in total. The van der Waals surface area contributed by atoms with Crippen LogP contribution in [0, 0.1) is 6.92 Å². The van der Waals surface area contributed by atoms with Crippen molar-refractivity contribution in [3.05, 3.63) is 18.0 Å². The van der Waals surface area contributed by atoms with Crippen LogP contribution in [0.15, 0.2) is 12.3 Å². The molecule has 1 aromatic rings. The standard InChI is InChI=1S/C15H25N3O2/c1-4-9-16-15(14(19)20-5-2)8-6-13(11-15)18-10-7-12(3)17-18/h7,10,13,16H,4-6,8-9,11H2,1-3H3. The Morgan fingerprint density at radius 1 is 1.60 bits per heavy atom. The van der Waals surface area contributed by atoms with Crippen molar-refractivity contribution in [1.82, 2.24) is 15.1 Å². The lowest BCUT2D eigenvalue weighted by Gasteiger charge is -2.28. The Morgan fingerprint density at radius 2 is 2.40 bits per heavy atom. The SMILES string of the molecule is CCCNC1(C(=O)OCC)CCC(n2ccc(C)n2)C1. The van der Waals surface area contributed by atoms with Gasteiger partial charge in [-0.25, -0.2) is 0 Å². The number of aromatic nitrogens is 2. The van der Waals surface area contributed by atoms with Gasteiger partial charge in [-0.05, 0) is 52.1 Å². The molecule has 0 bridgehead atoms. The number of carbonyl (C=O) groups excluding carboxylic acids is 1. The van der Waals surface area contributed by atoms with E-state index in [0.717, 1.165) is 37.9 Å². The van der Waals surface area contributed by atoms with Crippen LogP contribution in [0.3, 0.4) is 0 Å². The van der Waals surface area contributed by atoms with Gasteiger partial charge in [0.15, 0.2) is 0 Å². The van der Waals surface area contributed by atoms with Crippen molar-refractivity contribution in [3.8, 4) is 0 Å². The van der Waals surface area contributed by atoms with E-state index in [9.17, 15) is 4.79 Å². The summed E-state index contributed by atoms with van der Waals surface area (Å²) in [6, 6.07) is 2.28. The van der Waals surface area contributed by atoms with E-state index in [-0.39, 0.29) is 12.0 Å². The third-order valence-electron chi connectivity index (χ3n) is 3.98. The molecule has 0 aromatic carbocycles. The summed E-state index contributed by atoms with van der Waals surface area (Å²) in [5.41, 5.74) is 0.483. The summed E-state index contributed by atoms with van der Waals surface area (Å²) >= 11 is 0. The number of rotatable bonds is 6. The minimum Gasteiger partial charge on any atom is -0.465 e. The molecule has 112 valence electrons. The highest BCUT2D eigenvalue weighted by Gasteiger charge is 2.46. The monoisotopic (exact) mass is 279 g/mol. The van der Waals surface area contributed by atoms with Gasteiger partial charge in [-0.3, -0.25) is 9.48 Å². The van der Waals surface area contributed by atoms with Crippen LogP contribution < -0.4 is 5.32 Å². The first-order valence-corrected chi connectivity index (χ1v) is 7.55. The number of hydrogen-bond acceptors (Lipinski definition) is 4. The van der Waals surface area contributed by atoms with Gasteiger partial charge in [0.2, 0.25) is 0 Å². The van der Waals surface area contributed by atoms with Crippen LogP contribution in [0.1, 0.15) is 51.3 Å². The van der Waals surface area contributed by atoms with Gasteiger partial charge in [0, 0.05) is 6.20 Å². The Labute approximate surface area is 120 Å². The number of nitrogens with zero attached hydrogens (tertiary/aromatic N) is 2. The molecule has 2 unspecified atom stereocenters. The second-order valence-electron chi connectivity index (χ2n) is 5.56. The quantitative estimate of drug-likeness (QED) is 0.811. The maximum atomic E-state index is 12.3. The molecule has 20 heavy (non-hydrogen) atoms. The molecule has 0 saturated heterocycles. The summed E-state index contributed by atoms with van der Waals surface area (Å²) in [6.45, 7) is 7.22. The number of esters is 1. The molecule has 1 aliphatic carbocycles. The van der Waals surface area contributed by atoms with Crippen molar-refractivity contribution in [2.45, 2.75) is 58.0 Å². The van der Waals surface area contributed by atoms with Crippen LogP contribution >= 0.6 is 0 Å². The number of ether oxygens (including phenoxy) is 1. The third kappa shape index (κ3) is 3.03. The van der Waals surface area contributed by atoms with E-state index in [0.29, 0.717) is 6.61 Å². The molecule has 1 fully saturated rings. The molecule has 1 saturated carbocycles. The highest BCUT2D eigenvalue weighted by molar-refractivity contribution is 5.81. The predicted octanol–water partition coefficient (Wildman–Crippen LogP) is 2.22. The normalized spacial score (nSPS) is 25.9. The minimum absolute atomic E-state index is 0.111. The van der Waals surface area contributed by atoms with Crippen molar-refractivity contribution in [3.63, 3.8) is 0 Å². The zero-order valence-corrected chi connectivity index (χ0v) is 12.7. The fraction of sp³-hybridized carbons (Fsp3) is 0.733. The maximum Gasteiger partial charge on any atom is 0.326 e. The average Bonchev–Trinajstić information content (AvgIpc) is 3.04. The second kappa shape index (κ2) is 6.39. The van der Waals surface area contributed by atoms with E-state index in [1.807, 2.05) is 30.8 Å². The topological polar surface area (TPSA) is 56.1 Å². The van der Waals surface area contributed by atoms with Gasteiger partial charge < -0.3 is 10.1 Å². The van der Waals surface area contributed by atoms with Crippen LogP contribution in [0.5, 0.6) is 0 Å². The van der Waals surface area contributed by atoms with E-state index in [1.54, 1.807) is 0 Å². The molecule has 0 spiro atoms. The number of aryl methyl sites for hydroxylation is 1. The molecule has 2 atom stereocenters. The molecule has 5 nitrogen and oxygen atoms in total. The van der Waals surface area contributed by atoms with E-state index in [4.69, 9.17) is 4.74 Å². The Kier molecular flexibility index (Phi) is 4.81. The van der Waals surface area contributed by atoms with E-state index in [1.165, 1.54) is 0 Å². The van der Waals surface area contributed by atoms with Gasteiger partial charge in [-0.2, -0.15) is 5.10 Å². The summed E-state index contributed by atoms with van der Waals surface area (Å²) < 4.78 is 7.27. The highest BCUT2D eigenvalue weighted by atomic mass is 16.5. The van der Waals surface area contributed by atoms with Crippen LogP contribution in [0.25, 0.3) is 0 Å². The van der Waals surface area contributed by atoms with Gasteiger partial charge in [0.1, 0.15) is 5.54 Å². The largest absolute Gasteiger partial charge is 0.465 e. The molecular formula is C15H25N3O2. The van der Waals surface area contributed by atoms with Crippen molar-refractivity contribution >= 4 is 5.97 Å². The first-order chi connectivity index (χ1) is 9.61. The van der Waals surface area contributed by atoms with Crippen molar-refractivity contribution in [2.24, 2.45) is 0 Å². The lowest BCUT2D eigenvalue weighted by Crippen LogP contribution is -2.51. The average molecular weight is 279 g/mol. The second-order valence-corrected chi connectivity index (χ2v) is 5.56. The summed E-state index contributed by atoms with van der Waals surface area (Å²) in [6.07, 6.45) is 5.53.